The van der Waals surface area contributed by atoms with Crippen LogP contribution in [0.15, 0.2) is 6.07 Å². The van der Waals surface area contributed by atoms with Crippen LogP contribution in [0.3, 0.4) is 0 Å². The van der Waals surface area contributed by atoms with Crippen molar-refractivity contribution in [3.63, 3.8) is 0 Å². The highest BCUT2D eigenvalue weighted by atomic mass is 16.2. The van der Waals surface area contributed by atoms with Gasteiger partial charge in [0.2, 0.25) is 5.91 Å². The molecule has 21 heavy (non-hydrogen) atoms. The highest BCUT2D eigenvalue weighted by molar-refractivity contribution is 5.80. The molecular formula is C17H29N3O. The summed E-state index contributed by atoms with van der Waals surface area (Å²) >= 11 is 0. The van der Waals surface area contributed by atoms with Crippen LogP contribution >= 0.6 is 0 Å². The van der Waals surface area contributed by atoms with Gasteiger partial charge in [0, 0.05) is 24.0 Å². The fourth-order valence-electron chi connectivity index (χ4n) is 3.52. The van der Waals surface area contributed by atoms with Gasteiger partial charge in [0.1, 0.15) is 6.04 Å². The minimum Gasteiger partial charge on any atom is -0.354 e. The third kappa shape index (κ3) is 3.15. The van der Waals surface area contributed by atoms with Gasteiger partial charge in [-0.15, -0.1) is 0 Å². The Hall–Kier alpha value is -1.29. The van der Waals surface area contributed by atoms with Crippen LogP contribution in [0.5, 0.6) is 0 Å². The van der Waals surface area contributed by atoms with E-state index in [4.69, 9.17) is 5.73 Å². The predicted molar refractivity (Wildman–Crippen MR) is 86.2 cm³/mol. The molecule has 0 spiro atoms. The number of hydrogen-bond donors (Lipinski definition) is 2. The number of nitrogens with one attached hydrogen (secondary N) is 1. The maximum atomic E-state index is 12.3. The van der Waals surface area contributed by atoms with Gasteiger partial charge in [0.15, 0.2) is 0 Å². The summed E-state index contributed by atoms with van der Waals surface area (Å²) in [4.78, 5) is 12.3. The quantitative estimate of drug-likeness (QED) is 0.896. The molecule has 1 amide bonds. The summed E-state index contributed by atoms with van der Waals surface area (Å²) in [5.41, 5.74) is 10.1. The smallest absolute Gasteiger partial charge is 0.242 e. The largest absolute Gasteiger partial charge is 0.354 e. The fraction of sp³-hybridized carbons (Fsp3) is 0.706. The van der Waals surface area contributed by atoms with Crippen LogP contribution < -0.4 is 11.1 Å². The number of aryl methyl sites for hydroxylation is 1. The van der Waals surface area contributed by atoms with E-state index in [0.29, 0.717) is 0 Å². The summed E-state index contributed by atoms with van der Waals surface area (Å²) in [6.45, 7) is 11.4. The van der Waals surface area contributed by atoms with Crippen LogP contribution in [0.2, 0.25) is 0 Å². The Morgan fingerprint density at radius 1 is 1.57 bits per heavy atom. The molecule has 2 unspecified atom stereocenters. The van der Waals surface area contributed by atoms with Crippen LogP contribution in [0, 0.1) is 12.3 Å². The molecule has 3 N–H and O–H groups in total. The molecule has 1 aliphatic rings. The first-order chi connectivity index (χ1) is 9.76. The number of nitrogens with zero attached hydrogens (tertiary/aromatic N) is 1. The molecule has 1 aliphatic carbocycles. The number of carbonyl (C=O) groups is 1. The van der Waals surface area contributed by atoms with E-state index >= 15 is 0 Å². The van der Waals surface area contributed by atoms with E-state index in [-0.39, 0.29) is 23.4 Å². The molecule has 118 valence electrons. The van der Waals surface area contributed by atoms with Crippen molar-refractivity contribution in [3.8, 4) is 0 Å². The van der Waals surface area contributed by atoms with Crippen LogP contribution in [-0.2, 0) is 11.2 Å². The van der Waals surface area contributed by atoms with Crippen molar-refractivity contribution in [2.45, 2.75) is 66.0 Å². The molecule has 0 saturated carbocycles. The fourth-order valence-corrected chi connectivity index (χ4v) is 3.52. The Morgan fingerprint density at radius 2 is 2.24 bits per heavy atom. The highest BCUT2D eigenvalue weighted by Gasteiger charge is 2.34. The van der Waals surface area contributed by atoms with Gasteiger partial charge >= 0.3 is 0 Å². The summed E-state index contributed by atoms with van der Waals surface area (Å²) in [5.74, 6) is 0.0929. The first-order valence-electron chi connectivity index (χ1n) is 8.00. The molecule has 4 heteroatoms. The number of hydrogen-bond acceptors (Lipinski definition) is 2. The molecule has 0 radical (unpaired) electrons. The Morgan fingerprint density at radius 3 is 2.86 bits per heavy atom. The number of amides is 1. The summed E-state index contributed by atoms with van der Waals surface area (Å²) in [7, 11) is 0. The standard InChI is InChI=1S/C17H29N3O/c1-6-7-19-16(21)12(3)20-11(2)8-13-14(18)9-17(4,5)10-15(13)20/h8,12,14H,6-7,9-10,18H2,1-5H3,(H,19,21). The molecule has 0 aliphatic heterocycles. The van der Waals surface area contributed by atoms with Gasteiger partial charge in [-0.1, -0.05) is 20.8 Å². The van der Waals surface area contributed by atoms with Crippen LogP contribution in [-0.4, -0.2) is 17.0 Å². The maximum Gasteiger partial charge on any atom is 0.242 e. The molecule has 2 atom stereocenters. The number of aromatic nitrogens is 1. The van der Waals surface area contributed by atoms with Crippen LogP contribution in [0.4, 0.5) is 0 Å². The van der Waals surface area contributed by atoms with Gasteiger partial charge in [-0.25, -0.2) is 0 Å². The van der Waals surface area contributed by atoms with Crippen molar-refractivity contribution in [3.05, 3.63) is 23.0 Å². The van der Waals surface area contributed by atoms with E-state index in [1.54, 1.807) is 0 Å². The molecule has 0 fully saturated rings. The normalized spacial score (nSPS) is 21.7. The minimum absolute atomic E-state index is 0.0783. The van der Waals surface area contributed by atoms with Gasteiger partial charge in [0.25, 0.3) is 0 Å². The van der Waals surface area contributed by atoms with Gasteiger partial charge in [-0.05, 0) is 50.2 Å². The average molecular weight is 291 g/mol. The van der Waals surface area contributed by atoms with E-state index in [1.165, 1.54) is 11.3 Å². The van der Waals surface area contributed by atoms with Gasteiger partial charge in [0.05, 0.1) is 0 Å². The monoisotopic (exact) mass is 291 g/mol. The van der Waals surface area contributed by atoms with E-state index in [9.17, 15) is 4.79 Å². The van der Waals surface area contributed by atoms with E-state index in [2.05, 4.69) is 43.6 Å². The Kier molecular flexibility index (Phi) is 4.47. The minimum atomic E-state index is -0.179. The summed E-state index contributed by atoms with van der Waals surface area (Å²) < 4.78 is 2.18. The number of carbonyl (C=O) groups excluding carboxylic acids is 1. The van der Waals surface area contributed by atoms with Gasteiger partial charge in [-0.3, -0.25) is 4.79 Å². The van der Waals surface area contributed by atoms with Crippen molar-refractivity contribution in [2.75, 3.05) is 6.54 Å². The predicted octanol–water partition coefficient (Wildman–Crippen LogP) is 2.86. The molecule has 0 saturated heterocycles. The lowest BCUT2D eigenvalue weighted by atomic mass is 9.74. The lowest BCUT2D eigenvalue weighted by Crippen LogP contribution is -2.35. The van der Waals surface area contributed by atoms with Gasteiger partial charge < -0.3 is 15.6 Å². The van der Waals surface area contributed by atoms with E-state index < -0.39 is 0 Å². The van der Waals surface area contributed by atoms with Crippen molar-refractivity contribution >= 4 is 5.91 Å². The molecule has 2 rings (SSSR count). The second-order valence-corrected chi connectivity index (χ2v) is 7.18. The second kappa shape index (κ2) is 5.84. The Balaban J connectivity index is 2.35. The zero-order chi connectivity index (χ0) is 15.8. The number of fused-ring (bicyclic) bond motifs is 1. The third-order valence-electron chi connectivity index (χ3n) is 4.50. The van der Waals surface area contributed by atoms with Gasteiger partial charge in [-0.2, -0.15) is 0 Å². The second-order valence-electron chi connectivity index (χ2n) is 7.18. The topological polar surface area (TPSA) is 60.0 Å². The molecule has 1 aromatic rings. The number of rotatable bonds is 4. The zero-order valence-electron chi connectivity index (χ0n) is 14.0. The highest BCUT2D eigenvalue weighted by Crippen LogP contribution is 2.41. The summed E-state index contributed by atoms with van der Waals surface area (Å²) in [5, 5.41) is 3.00. The van der Waals surface area contributed by atoms with Crippen molar-refractivity contribution in [2.24, 2.45) is 11.1 Å². The van der Waals surface area contributed by atoms with Crippen LogP contribution in [0.25, 0.3) is 0 Å². The van der Waals surface area contributed by atoms with Crippen molar-refractivity contribution in [1.82, 2.24) is 9.88 Å². The zero-order valence-corrected chi connectivity index (χ0v) is 14.0. The van der Waals surface area contributed by atoms with E-state index in [1.807, 2.05) is 6.92 Å². The van der Waals surface area contributed by atoms with Crippen LogP contribution in [0.1, 0.15) is 69.6 Å². The molecule has 4 nitrogen and oxygen atoms in total. The first kappa shape index (κ1) is 16.1. The molecule has 1 aromatic heterocycles. The van der Waals surface area contributed by atoms with E-state index in [0.717, 1.165) is 31.5 Å². The maximum absolute atomic E-state index is 12.3. The SMILES string of the molecule is CCCNC(=O)C(C)n1c(C)cc2c1CC(C)(C)CC2N. The van der Waals surface area contributed by atoms with Crippen molar-refractivity contribution < 1.29 is 4.79 Å². The molecule has 0 aromatic carbocycles. The summed E-state index contributed by atoms with van der Waals surface area (Å²) in [6, 6.07) is 2.06. The molecular weight excluding hydrogens is 262 g/mol. The first-order valence-corrected chi connectivity index (χ1v) is 8.00. The lowest BCUT2D eigenvalue weighted by Gasteiger charge is -2.35. The Bertz CT molecular complexity index is 530. The Labute approximate surface area is 128 Å². The third-order valence-corrected chi connectivity index (χ3v) is 4.50. The summed E-state index contributed by atoms with van der Waals surface area (Å²) in [6.07, 6.45) is 2.94. The molecule has 1 heterocycles. The lowest BCUT2D eigenvalue weighted by molar-refractivity contribution is -0.123. The number of nitrogens with two attached hydrogens (primary N) is 1. The average Bonchev–Trinajstić information content (AvgIpc) is 2.70. The van der Waals surface area contributed by atoms with Crippen molar-refractivity contribution in [1.29, 1.82) is 0 Å². The molecule has 0 bridgehead atoms.